The van der Waals surface area contributed by atoms with E-state index in [1.165, 1.54) is 0 Å². The Morgan fingerprint density at radius 1 is 1.78 bits per heavy atom. The minimum atomic E-state index is 0.153. The summed E-state index contributed by atoms with van der Waals surface area (Å²) in [5, 5.41) is 1.93. The standard InChI is InChI=1S/C6H5IOS/c1-4(8)5-2-3-9-6(5)7/h2-3H,1H3. The van der Waals surface area contributed by atoms with Crippen LogP contribution in [0.4, 0.5) is 0 Å². The summed E-state index contributed by atoms with van der Waals surface area (Å²) >= 11 is 3.77. The van der Waals surface area contributed by atoms with Crippen molar-refractivity contribution >= 4 is 39.7 Å². The van der Waals surface area contributed by atoms with Crippen molar-refractivity contribution in [3.05, 3.63) is 19.9 Å². The molecule has 0 saturated carbocycles. The fourth-order valence-electron chi connectivity index (χ4n) is 0.547. The third-order valence-electron chi connectivity index (χ3n) is 0.997. The molecule has 0 bridgehead atoms. The average Bonchev–Trinajstić information content (AvgIpc) is 2.13. The minimum absolute atomic E-state index is 0.153. The molecule has 0 aromatic carbocycles. The average molecular weight is 252 g/mol. The van der Waals surface area contributed by atoms with Crippen molar-refractivity contribution in [3.8, 4) is 0 Å². The van der Waals surface area contributed by atoms with Crippen molar-refractivity contribution in [2.24, 2.45) is 0 Å². The minimum Gasteiger partial charge on any atom is -0.294 e. The molecule has 0 aliphatic rings. The van der Waals surface area contributed by atoms with E-state index in [2.05, 4.69) is 22.6 Å². The number of carbonyl (C=O) groups excluding carboxylic acids is 1. The highest BCUT2D eigenvalue weighted by atomic mass is 127. The molecule has 1 heterocycles. The first-order valence-corrected chi connectivity index (χ1v) is 4.41. The van der Waals surface area contributed by atoms with Gasteiger partial charge in [-0.2, -0.15) is 0 Å². The summed E-state index contributed by atoms with van der Waals surface area (Å²) in [6, 6.07) is 1.86. The lowest BCUT2D eigenvalue weighted by atomic mass is 10.2. The van der Waals surface area contributed by atoms with Gasteiger partial charge in [0, 0.05) is 5.56 Å². The van der Waals surface area contributed by atoms with Crippen LogP contribution in [0, 0.1) is 2.88 Å². The molecular formula is C6H5IOS. The molecule has 0 amide bonds. The lowest BCUT2D eigenvalue weighted by Gasteiger charge is -1.86. The molecule has 0 radical (unpaired) electrons. The van der Waals surface area contributed by atoms with Crippen LogP contribution in [-0.2, 0) is 0 Å². The van der Waals surface area contributed by atoms with Gasteiger partial charge in [0.05, 0.1) is 2.88 Å². The number of hydrogen-bond donors (Lipinski definition) is 0. The van der Waals surface area contributed by atoms with E-state index in [9.17, 15) is 4.79 Å². The highest BCUT2D eigenvalue weighted by Gasteiger charge is 2.03. The topological polar surface area (TPSA) is 17.1 Å². The second-order valence-electron chi connectivity index (χ2n) is 1.66. The monoisotopic (exact) mass is 252 g/mol. The molecule has 48 valence electrons. The first kappa shape index (κ1) is 7.21. The van der Waals surface area contributed by atoms with E-state index in [4.69, 9.17) is 0 Å². The van der Waals surface area contributed by atoms with Crippen molar-refractivity contribution in [2.75, 3.05) is 0 Å². The van der Waals surface area contributed by atoms with Crippen molar-refractivity contribution < 1.29 is 4.79 Å². The predicted octanol–water partition coefficient (Wildman–Crippen LogP) is 2.56. The maximum Gasteiger partial charge on any atom is 0.161 e. The van der Waals surface area contributed by atoms with Gasteiger partial charge in [-0.15, -0.1) is 11.3 Å². The van der Waals surface area contributed by atoms with Gasteiger partial charge >= 0.3 is 0 Å². The third-order valence-corrected chi connectivity index (χ3v) is 3.04. The van der Waals surface area contributed by atoms with E-state index < -0.39 is 0 Å². The van der Waals surface area contributed by atoms with Crippen LogP contribution in [0.1, 0.15) is 17.3 Å². The molecule has 3 heteroatoms. The van der Waals surface area contributed by atoms with E-state index in [1.54, 1.807) is 18.3 Å². The molecule has 0 unspecified atom stereocenters. The van der Waals surface area contributed by atoms with Gasteiger partial charge in [0.1, 0.15) is 0 Å². The molecule has 9 heavy (non-hydrogen) atoms. The molecule has 1 nitrogen and oxygen atoms in total. The number of halogens is 1. The highest BCUT2D eigenvalue weighted by molar-refractivity contribution is 14.1. The van der Waals surface area contributed by atoms with Crippen LogP contribution in [0.25, 0.3) is 0 Å². The fourth-order valence-corrected chi connectivity index (χ4v) is 2.21. The zero-order chi connectivity index (χ0) is 6.85. The van der Waals surface area contributed by atoms with E-state index in [0.29, 0.717) is 0 Å². The molecule has 0 aliphatic carbocycles. The number of carbonyl (C=O) groups is 1. The second kappa shape index (κ2) is 2.79. The Balaban J connectivity index is 3.08. The van der Waals surface area contributed by atoms with Crippen LogP contribution < -0.4 is 0 Å². The van der Waals surface area contributed by atoms with Gasteiger partial charge in [-0.05, 0) is 41.0 Å². The molecule has 0 saturated heterocycles. The first-order valence-electron chi connectivity index (χ1n) is 2.45. The molecule has 1 rings (SSSR count). The van der Waals surface area contributed by atoms with Gasteiger partial charge in [0.25, 0.3) is 0 Å². The molecule has 0 fully saturated rings. The van der Waals surface area contributed by atoms with Gasteiger partial charge in [-0.3, -0.25) is 4.79 Å². The molecular weight excluding hydrogens is 247 g/mol. The Kier molecular flexibility index (Phi) is 2.23. The maximum atomic E-state index is 10.7. The van der Waals surface area contributed by atoms with Crippen LogP contribution in [-0.4, -0.2) is 5.78 Å². The van der Waals surface area contributed by atoms with E-state index in [1.807, 2.05) is 11.4 Å². The Labute approximate surface area is 71.2 Å². The zero-order valence-corrected chi connectivity index (χ0v) is 7.82. The number of rotatable bonds is 1. The van der Waals surface area contributed by atoms with Gasteiger partial charge in [0.2, 0.25) is 0 Å². The normalized spacial score (nSPS) is 9.56. The molecule has 0 atom stereocenters. The fraction of sp³-hybridized carbons (Fsp3) is 0.167. The van der Waals surface area contributed by atoms with Crippen LogP contribution in [0.5, 0.6) is 0 Å². The largest absolute Gasteiger partial charge is 0.294 e. The summed E-state index contributed by atoms with van der Waals surface area (Å²) in [6.07, 6.45) is 0. The van der Waals surface area contributed by atoms with Crippen LogP contribution in [0.3, 0.4) is 0 Å². The SMILES string of the molecule is CC(=O)c1ccsc1I. The van der Waals surface area contributed by atoms with Gasteiger partial charge < -0.3 is 0 Å². The molecule has 1 aromatic heterocycles. The summed E-state index contributed by atoms with van der Waals surface area (Å²) in [5.74, 6) is 0.153. The summed E-state index contributed by atoms with van der Waals surface area (Å²) in [7, 11) is 0. The predicted molar refractivity (Wildman–Crippen MR) is 47.0 cm³/mol. The van der Waals surface area contributed by atoms with Crippen molar-refractivity contribution in [1.29, 1.82) is 0 Å². The first-order chi connectivity index (χ1) is 4.22. The number of hydrogen-bond acceptors (Lipinski definition) is 2. The summed E-state index contributed by atoms with van der Waals surface area (Å²) in [6.45, 7) is 1.59. The van der Waals surface area contributed by atoms with Gasteiger partial charge in [-0.25, -0.2) is 0 Å². The Bertz CT molecular complexity index is 229. The highest BCUT2D eigenvalue weighted by Crippen LogP contribution is 2.18. The van der Waals surface area contributed by atoms with Crippen LogP contribution >= 0.6 is 33.9 Å². The van der Waals surface area contributed by atoms with E-state index in [-0.39, 0.29) is 5.78 Å². The zero-order valence-electron chi connectivity index (χ0n) is 4.85. The summed E-state index contributed by atoms with van der Waals surface area (Å²) in [5.41, 5.74) is 0.848. The van der Waals surface area contributed by atoms with Gasteiger partial charge in [-0.1, -0.05) is 0 Å². The van der Waals surface area contributed by atoms with Crippen LogP contribution in [0.2, 0.25) is 0 Å². The Morgan fingerprint density at radius 3 is 2.67 bits per heavy atom. The maximum absolute atomic E-state index is 10.7. The summed E-state index contributed by atoms with van der Waals surface area (Å²) in [4.78, 5) is 10.7. The van der Waals surface area contributed by atoms with Crippen molar-refractivity contribution in [3.63, 3.8) is 0 Å². The summed E-state index contributed by atoms with van der Waals surface area (Å²) < 4.78 is 1.08. The molecule has 1 aromatic rings. The molecule has 0 spiro atoms. The van der Waals surface area contributed by atoms with Crippen molar-refractivity contribution in [2.45, 2.75) is 6.92 Å². The Hall–Kier alpha value is 0.1000. The third kappa shape index (κ3) is 1.52. The quantitative estimate of drug-likeness (QED) is 0.554. The number of ketones is 1. The van der Waals surface area contributed by atoms with Gasteiger partial charge in [0.15, 0.2) is 5.78 Å². The lowest BCUT2D eigenvalue weighted by molar-refractivity contribution is 0.101. The Morgan fingerprint density at radius 2 is 2.44 bits per heavy atom. The van der Waals surface area contributed by atoms with E-state index in [0.717, 1.165) is 8.45 Å². The molecule has 0 aliphatic heterocycles. The van der Waals surface area contributed by atoms with Crippen molar-refractivity contribution in [1.82, 2.24) is 0 Å². The number of thiophene rings is 1. The smallest absolute Gasteiger partial charge is 0.161 e. The number of Topliss-reactive ketones (excluding diaryl/α,β-unsaturated/α-hetero) is 1. The molecule has 0 N–H and O–H groups in total. The van der Waals surface area contributed by atoms with E-state index >= 15 is 0 Å². The van der Waals surface area contributed by atoms with Crippen LogP contribution in [0.15, 0.2) is 11.4 Å². The lowest BCUT2D eigenvalue weighted by Crippen LogP contribution is -1.89. The second-order valence-corrected chi connectivity index (χ2v) is 4.39.